The zero-order chi connectivity index (χ0) is 19.8. The number of nitrogens with zero attached hydrogens (tertiary/aromatic N) is 2. The fourth-order valence-corrected chi connectivity index (χ4v) is 2.62. The third kappa shape index (κ3) is 5.77. The normalized spacial score (nSPS) is 11.0. The Kier molecular flexibility index (Phi) is 7.27. The number of carbonyl (C=O) groups excluding carboxylic acids is 1. The Morgan fingerprint density at radius 3 is 2.59 bits per heavy atom. The second-order valence-electron chi connectivity index (χ2n) is 6.20. The van der Waals surface area contributed by atoms with Crippen LogP contribution in [0.15, 0.2) is 60.3 Å². The van der Waals surface area contributed by atoms with Gasteiger partial charge in [0.05, 0.1) is 12.8 Å². The summed E-state index contributed by atoms with van der Waals surface area (Å²) in [5.41, 5.74) is 1.51. The van der Waals surface area contributed by atoms with Crippen LogP contribution in [0.5, 0.6) is 5.75 Å². The molecule has 0 heterocycles. The molecule has 0 aliphatic heterocycles. The molecule has 2 rings (SSSR count). The number of hydrogen-bond acceptors (Lipinski definition) is 4. The first-order chi connectivity index (χ1) is 12.9. The highest BCUT2D eigenvalue weighted by atomic mass is 35.5. The maximum atomic E-state index is 12.6. The summed E-state index contributed by atoms with van der Waals surface area (Å²) < 4.78 is 5.23. The van der Waals surface area contributed by atoms with E-state index in [9.17, 15) is 10.1 Å². The molecule has 0 spiro atoms. The van der Waals surface area contributed by atoms with Crippen LogP contribution in [0.3, 0.4) is 0 Å². The molecule has 27 heavy (non-hydrogen) atoms. The van der Waals surface area contributed by atoms with E-state index in [1.54, 1.807) is 24.4 Å². The zero-order valence-electron chi connectivity index (χ0n) is 15.6. The minimum Gasteiger partial charge on any atom is -0.495 e. The number of ether oxygens (including phenoxy) is 1. The number of rotatable bonds is 7. The average Bonchev–Trinajstić information content (AvgIpc) is 2.65. The van der Waals surface area contributed by atoms with Crippen LogP contribution < -0.4 is 10.1 Å². The lowest BCUT2D eigenvalue weighted by Crippen LogP contribution is -2.27. The summed E-state index contributed by atoms with van der Waals surface area (Å²) in [6, 6.07) is 16.9. The van der Waals surface area contributed by atoms with Crippen LogP contribution in [0.4, 0.5) is 5.69 Å². The van der Waals surface area contributed by atoms with Gasteiger partial charge in [-0.3, -0.25) is 4.79 Å². The van der Waals surface area contributed by atoms with E-state index in [4.69, 9.17) is 16.3 Å². The Bertz CT molecular complexity index is 857. The van der Waals surface area contributed by atoms with Crippen LogP contribution in [-0.2, 0) is 11.3 Å². The van der Waals surface area contributed by atoms with Crippen LogP contribution in [0, 0.1) is 11.3 Å². The molecule has 2 aromatic rings. The maximum absolute atomic E-state index is 12.6. The molecule has 0 saturated carbocycles. The number of carbonyl (C=O) groups is 1. The van der Waals surface area contributed by atoms with Gasteiger partial charge in [0, 0.05) is 23.8 Å². The number of hydrogen-bond donors (Lipinski definition) is 1. The predicted octanol–water partition coefficient (Wildman–Crippen LogP) is 4.61. The molecular weight excluding hydrogens is 362 g/mol. The number of benzene rings is 2. The Labute approximate surface area is 164 Å². The Balaban J connectivity index is 2.23. The molecule has 1 N–H and O–H groups in total. The van der Waals surface area contributed by atoms with E-state index in [1.807, 2.05) is 55.1 Å². The van der Waals surface area contributed by atoms with Gasteiger partial charge in [-0.25, -0.2) is 0 Å². The molecule has 2 aromatic carbocycles. The maximum Gasteiger partial charge on any atom is 0.267 e. The molecule has 0 aliphatic carbocycles. The van der Waals surface area contributed by atoms with Gasteiger partial charge in [-0.1, -0.05) is 41.9 Å². The lowest BCUT2D eigenvalue weighted by Gasteiger charge is -2.25. The van der Waals surface area contributed by atoms with E-state index in [0.29, 0.717) is 23.0 Å². The minimum atomic E-state index is -0.517. The second kappa shape index (κ2) is 9.65. The zero-order valence-corrected chi connectivity index (χ0v) is 16.3. The smallest absolute Gasteiger partial charge is 0.267 e. The van der Waals surface area contributed by atoms with Crippen molar-refractivity contribution in [3.05, 3.63) is 70.9 Å². The molecule has 0 atom stereocenters. The van der Waals surface area contributed by atoms with Crippen molar-refractivity contribution in [2.24, 2.45) is 0 Å². The third-order valence-corrected chi connectivity index (χ3v) is 4.18. The first kappa shape index (κ1) is 20.3. The molecule has 0 radical (unpaired) electrons. The van der Waals surface area contributed by atoms with Gasteiger partial charge in [0.15, 0.2) is 0 Å². The first-order valence-corrected chi connectivity index (χ1v) is 8.89. The Morgan fingerprint density at radius 1 is 1.30 bits per heavy atom. The predicted molar refractivity (Wildman–Crippen MR) is 107 cm³/mol. The standard InChI is InChI=1S/C21H22ClN3O2/c1-15(2)25(13-16-7-5-4-6-8-16)14-17(12-23)21(26)24-19-11-18(22)9-10-20(19)27-3/h4-11,14-15H,13H2,1-3H3,(H,24,26)/b17-14-. The number of anilines is 1. The fourth-order valence-electron chi connectivity index (χ4n) is 2.44. The quantitative estimate of drug-likeness (QED) is 0.560. The van der Waals surface area contributed by atoms with E-state index >= 15 is 0 Å². The Hall–Kier alpha value is -2.97. The highest BCUT2D eigenvalue weighted by Gasteiger charge is 2.16. The van der Waals surface area contributed by atoms with Crippen LogP contribution in [0.1, 0.15) is 19.4 Å². The number of nitrogens with one attached hydrogen (secondary N) is 1. The second-order valence-corrected chi connectivity index (χ2v) is 6.64. The summed E-state index contributed by atoms with van der Waals surface area (Å²) in [7, 11) is 1.50. The lowest BCUT2D eigenvalue weighted by molar-refractivity contribution is -0.112. The number of nitriles is 1. The molecule has 140 valence electrons. The summed E-state index contributed by atoms with van der Waals surface area (Å²) in [6.07, 6.45) is 1.59. The molecule has 6 heteroatoms. The van der Waals surface area contributed by atoms with Crippen LogP contribution in [0.25, 0.3) is 0 Å². The molecule has 0 unspecified atom stereocenters. The van der Waals surface area contributed by atoms with Gasteiger partial charge in [0.1, 0.15) is 17.4 Å². The van der Waals surface area contributed by atoms with Crippen molar-refractivity contribution in [1.82, 2.24) is 4.90 Å². The molecule has 0 saturated heterocycles. The molecule has 5 nitrogen and oxygen atoms in total. The van der Waals surface area contributed by atoms with Gasteiger partial charge in [-0.05, 0) is 37.6 Å². The van der Waals surface area contributed by atoms with Crippen molar-refractivity contribution in [2.75, 3.05) is 12.4 Å². The van der Waals surface area contributed by atoms with Gasteiger partial charge in [0.2, 0.25) is 0 Å². The molecule has 0 bridgehead atoms. The lowest BCUT2D eigenvalue weighted by atomic mass is 10.2. The average molecular weight is 384 g/mol. The number of halogens is 1. The van der Waals surface area contributed by atoms with Crippen LogP contribution in [-0.4, -0.2) is 24.0 Å². The summed E-state index contributed by atoms with van der Waals surface area (Å²) in [6.45, 7) is 4.61. The monoisotopic (exact) mass is 383 g/mol. The van der Waals surface area contributed by atoms with Gasteiger partial charge in [0.25, 0.3) is 5.91 Å². The van der Waals surface area contributed by atoms with E-state index in [1.165, 1.54) is 7.11 Å². The van der Waals surface area contributed by atoms with Crippen LogP contribution in [0.2, 0.25) is 5.02 Å². The highest BCUT2D eigenvalue weighted by molar-refractivity contribution is 6.31. The third-order valence-electron chi connectivity index (χ3n) is 3.94. The summed E-state index contributed by atoms with van der Waals surface area (Å²) >= 11 is 5.99. The van der Waals surface area contributed by atoms with Gasteiger partial charge < -0.3 is 15.0 Å². The van der Waals surface area contributed by atoms with Gasteiger partial charge in [-0.2, -0.15) is 5.26 Å². The molecular formula is C21H22ClN3O2. The first-order valence-electron chi connectivity index (χ1n) is 8.51. The van der Waals surface area contributed by atoms with Crippen LogP contribution >= 0.6 is 11.6 Å². The van der Waals surface area contributed by atoms with Gasteiger partial charge >= 0.3 is 0 Å². The molecule has 0 fully saturated rings. The number of amides is 1. The van der Waals surface area contributed by atoms with E-state index in [0.717, 1.165) is 5.56 Å². The fraction of sp³-hybridized carbons (Fsp3) is 0.238. The highest BCUT2D eigenvalue weighted by Crippen LogP contribution is 2.28. The summed E-state index contributed by atoms with van der Waals surface area (Å²) in [4.78, 5) is 14.6. The van der Waals surface area contributed by atoms with E-state index in [-0.39, 0.29) is 11.6 Å². The van der Waals surface area contributed by atoms with Crippen molar-refractivity contribution in [2.45, 2.75) is 26.4 Å². The van der Waals surface area contributed by atoms with E-state index < -0.39 is 5.91 Å². The largest absolute Gasteiger partial charge is 0.495 e. The molecule has 0 aromatic heterocycles. The van der Waals surface area contributed by atoms with Crippen molar-refractivity contribution >= 4 is 23.2 Å². The Morgan fingerprint density at radius 2 is 2.00 bits per heavy atom. The molecule has 1 amide bonds. The summed E-state index contributed by atoms with van der Waals surface area (Å²) in [5.74, 6) is -0.0492. The van der Waals surface area contributed by atoms with Crippen molar-refractivity contribution in [3.63, 3.8) is 0 Å². The van der Waals surface area contributed by atoms with Crippen molar-refractivity contribution < 1.29 is 9.53 Å². The SMILES string of the molecule is COc1ccc(Cl)cc1NC(=O)/C(C#N)=C\N(Cc1ccccc1)C(C)C. The minimum absolute atomic E-state index is 0.00154. The topological polar surface area (TPSA) is 65.4 Å². The van der Waals surface area contributed by atoms with Gasteiger partial charge in [-0.15, -0.1) is 0 Å². The van der Waals surface area contributed by atoms with Crippen molar-refractivity contribution in [3.8, 4) is 11.8 Å². The number of methoxy groups -OCH3 is 1. The molecule has 0 aliphatic rings. The van der Waals surface area contributed by atoms with Crippen molar-refractivity contribution in [1.29, 1.82) is 5.26 Å². The summed E-state index contributed by atoms with van der Waals surface area (Å²) in [5, 5.41) is 12.6. The van der Waals surface area contributed by atoms with E-state index in [2.05, 4.69) is 5.32 Å².